The molecule has 0 saturated heterocycles. The Morgan fingerprint density at radius 2 is 2.21 bits per heavy atom. The Morgan fingerprint density at radius 1 is 1.37 bits per heavy atom. The number of fused-ring (bicyclic) bond motifs is 1. The fourth-order valence-corrected chi connectivity index (χ4v) is 2.98. The van der Waals surface area contributed by atoms with Gasteiger partial charge >= 0.3 is 0 Å². The first-order valence-electron chi connectivity index (χ1n) is 7.19. The molecule has 3 rings (SSSR count). The van der Waals surface area contributed by atoms with Crippen LogP contribution in [0.2, 0.25) is 0 Å². The van der Waals surface area contributed by atoms with E-state index in [9.17, 15) is 0 Å². The third kappa shape index (κ3) is 2.71. The number of hydrogen-bond acceptors (Lipinski definition) is 2. The topological polar surface area (TPSA) is 40.7 Å². The van der Waals surface area contributed by atoms with Crippen molar-refractivity contribution in [1.82, 2.24) is 15.3 Å². The Balaban J connectivity index is 1.68. The number of rotatable bonds is 4. The zero-order valence-electron chi connectivity index (χ0n) is 11.4. The number of H-pyrrole nitrogens is 1. The lowest BCUT2D eigenvalue weighted by Crippen LogP contribution is -2.37. The summed E-state index contributed by atoms with van der Waals surface area (Å²) in [6, 6.07) is 9.71. The molecule has 0 bridgehead atoms. The van der Waals surface area contributed by atoms with Crippen LogP contribution in [-0.4, -0.2) is 16.0 Å². The van der Waals surface area contributed by atoms with Crippen LogP contribution in [0.1, 0.15) is 42.8 Å². The summed E-state index contributed by atoms with van der Waals surface area (Å²) in [6.07, 6.45) is 8.32. The summed E-state index contributed by atoms with van der Waals surface area (Å²) in [7, 11) is 0. The van der Waals surface area contributed by atoms with Crippen LogP contribution in [0.5, 0.6) is 0 Å². The molecular weight excluding hydrogens is 234 g/mol. The molecule has 19 heavy (non-hydrogen) atoms. The van der Waals surface area contributed by atoms with Gasteiger partial charge in [-0.05, 0) is 36.8 Å². The van der Waals surface area contributed by atoms with Crippen molar-refractivity contribution in [2.75, 3.05) is 0 Å². The Morgan fingerprint density at radius 3 is 2.95 bits per heavy atom. The van der Waals surface area contributed by atoms with Crippen LogP contribution in [-0.2, 0) is 12.8 Å². The maximum Gasteiger partial charge on any atom is 0.123 e. The number of benzene rings is 1. The number of aromatic nitrogens is 2. The third-order valence-electron chi connectivity index (χ3n) is 4.04. The fourth-order valence-electron chi connectivity index (χ4n) is 2.98. The van der Waals surface area contributed by atoms with Crippen molar-refractivity contribution < 1.29 is 0 Å². The number of hydrogen-bond donors (Lipinski definition) is 2. The standard InChI is InChI=1S/C16H21N3/c1-2-15(16-17-9-10-18-16)19-14-8-7-12-5-3-4-6-13(12)11-14/h3-6,9-10,14-15,19H,2,7-8,11H2,1H3,(H,17,18). The highest BCUT2D eigenvalue weighted by atomic mass is 15.0. The van der Waals surface area contributed by atoms with Crippen LogP contribution in [0.3, 0.4) is 0 Å². The molecule has 0 spiro atoms. The fraction of sp³-hybridized carbons (Fsp3) is 0.438. The van der Waals surface area contributed by atoms with Gasteiger partial charge in [-0.2, -0.15) is 0 Å². The predicted octanol–water partition coefficient (Wildman–Crippen LogP) is 3.01. The molecule has 1 aromatic heterocycles. The van der Waals surface area contributed by atoms with Gasteiger partial charge in [0.15, 0.2) is 0 Å². The summed E-state index contributed by atoms with van der Waals surface area (Å²) in [5, 5.41) is 3.76. The van der Waals surface area contributed by atoms with E-state index in [1.165, 1.54) is 24.0 Å². The molecule has 2 unspecified atom stereocenters. The Kier molecular flexibility index (Phi) is 3.65. The SMILES string of the molecule is CCC(NC1CCc2ccccc2C1)c1ncc[nH]1. The molecule has 0 aliphatic heterocycles. The van der Waals surface area contributed by atoms with Gasteiger partial charge in [0.05, 0.1) is 6.04 Å². The molecule has 2 aromatic rings. The van der Waals surface area contributed by atoms with E-state index in [4.69, 9.17) is 0 Å². The molecule has 3 heteroatoms. The Labute approximate surface area is 114 Å². The predicted molar refractivity (Wildman–Crippen MR) is 77.0 cm³/mol. The monoisotopic (exact) mass is 255 g/mol. The van der Waals surface area contributed by atoms with Gasteiger partial charge in [0.25, 0.3) is 0 Å². The average molecular weight is 255 g/mol. The van der Waals surface area contributed by atoms with Gasteiger partial charge in [-0.3, -0.25) is 0 Å². The lowest BCUT2D eigenvalue weighted by molar-refractivity contribution is 0.382. The molecule has 1 heterocycles. The van der Waals surface area contributed by atoms with Gasteiger partial charge in [0.2, 0.25) is 0 Å². The smallest absolute Gasteiger partial charge is 0.123 e. The third-order valence-corrected chi connectivity index (χ3v) is 4.04. The first kappa shape index (κ1) is 12.4. The van der Waals surface area contributed by atoms with E-state index in [2.05, 4.69) is 46.5 Å². The summed E-state index contributed by atoms with van der Waals surface area (Å²) in [5.41, 5.74) is 3.02. The zero-order valence-corrected chi connectivity index (χ0v) is 11.4. The lowest BCUT2D eigenvalue weighted by Gasteiger charge is -2.28. The van der Waals surface area contributed by atoms with E-state index in [0.29, 0.717) is 12.1 Å². The first-order valence-corrected chi connectivity index (χ1v) is 7.19. The van der Waals surface area contributed by atoms with E-state index in [1.54, 1.807) is 0 Å². The highest BCUT2D eigenvalue weighted by molar-refractivity contribution is 5.30. The second-order valence-corrected chi connectivity index (χ2v) is 5.31. The first-order chi connectivity index (χ1) is 9.36. The van der Waals surface area contributed by atoms with Gasteiger partial charge in [0.1, 0.15) is 5.82 Å². The van der Waals surface area contributed by atoms with Crippen LogP contribution in [0.15, 0.2) is 36.7 Å². The molecule has 1 aliphatic rings. The van der Waals surface area contributed by atoms with E-state index < -0.39 is 0 Å². The van der Waals surface area contributed by atoms with Gasteiger partial charge in [-0.1, -0.05) is 31.2 Å². The van der Waals surface area contributed by atoms with Crippen molar-refractivity contribution >= 4 is 0 Å². The maximum atomic E-state index is 4.38. The molecule has 3 nitrogen and oxygen atoms in total. The van der Waals surface area contributed by atoms with Crippen molar-refractivity contribution in [3.05, 3.63) is 53.6 Å². The summed E-state index contributed by atoms with van der Waals surface area (Å²) in [5.74, 6) is 1.06. The maximum absolute atomic E-state index is 4.38. The molecule has 2 N–H and O–H groups in total. The molecule has 0 amide bonds. The molecule has 1 aromatic carbocycles. The normalized spacial score (nSPS) is 19.9. The minimum Gasteiger partial charge on any atom is -0.347 e. The molecule has 0 saturated carbocycles. The second-order valence-electron chi connectivity index (χ2n) is 5.31. The van der Waals surface area contributed by atoms with E-state index >= 15 is 0 Å². The van der Waals surface area contributed by atoms with Gasteiger partial charge in [-0.15, -0.1) is 0 Å². The van der Waals surface area contributed by atoms with Crippen LogP contribution in [0, 0.1) is 0 Å². The molecule has 2 atom stereocenters. The number of aromatic amines is 1. The number of nitrogens with one attached hydrogen (secondary N) is 2. The molecule has 0 radical (unpaired) electrons. The van der Waals surface area contributed by atoms with Crippen molar-refractivity contribution in [2.24, 2.45) is 0 Å². The lowest BCUT2D eigenvalue weighted by atomic mass is 9.88. The Hall–Kier alpha value is -1.61. The molecule has 100 valence electrons. The quantitative estimate of drug-likeness (QED) is 0.881. The highest BCUT2D eigenvalue weighted by Crippen LogP contribution is 2.23. The van der Waals surface area contributed by atoms with Crippen LogP contribution in [0.4, 0.5) is 0 Å². The molecular formula is C16H21N3. The molecule has 1 aliphatic carbocycles. The minimum absolute atomic E-state index is 0.338. The molecule has 0 fully saturated rings. The average Bonchev–Trinajstić information content (AvgIpc) is 2.98. The van der Waals surface area contributed by atoms with Gasteiger partial charge in [0, 0.05) is 18.4 Å². The van der Waals surface area contributed by atoms with E-state index in [0.717, 1.165) is 18.7 Å². The summed E-state index contributed by atoms with van der Waals surface area (Å²) in [4.78, 5) is 7.60. The Bertz CT molecular complexity index is 519. The van der Waals surface area contributed by atoms with Crippen molar-refractivity contribution in [3.8, 4) is 0 Å². The van der Waals surface area contributed by atoms with E-state index in [1.807, 2.05) is 12.4 Å². The largest absolute Gasteiger partial charge is 0.347 e. The van der Waals surface area contributed by atoms with Gasteiger partial charge in [-0.25, -0.2) is 4.98 Å². The summed E-state index contributed by atoms with van der Waals surface area (Å²) < 4.78 is 0. The van der Waals surface area contributed by atoms with Crippen molar-refractivity contribution in [2.45, 2.75) is 44.7 Å². The highest BCUT2D eigenvalue weighted by Gasteiger charge is 2.21. The summed E-state index contributed by atoms with van der Waals surface area (Å²) >= 11 is 0. The number of aryl methyl sites for hydroxylation is 1. The van der Waals surface area contributed by atoms with Crippen molar-refractivity contribution in [1.29, 1.82) is 0 Å². The van der Waals surface area contributed by atoms with Gasteiger partial charge < -0.3 is 10.3 Å². The minimum atomic E-state index is 0.338. The number of nitrogens with zero attached hydrogens (tertiary/aromatic N) is 1. The zero-order chi connectivity index (χ0) is 13.1. The van der Waals surface area contributed by atoms with Crippen LogP contribution in [0.25, 0.3) is 0 Å². The summed E-state index contributed by atoms with van der Waals surface area (Å²) in [6.45, 7) is 2.21. The van der Waals surface area contributed by atoms with E-state index in [-0.39, 0.29) is 0 Å². The van der Waals surface area contributed by atoms with Crippen molar-refractivity contribution in [3.63, 3.8) is 0 Å². The van der Waals surface area contributed by atoms with Crippen LogP contribution < -0.4 is 5.32 Å². The van der Waals surface area contributed by atoms with Crippen LogP contribution >= 0.6 is 0 Å². The number of imidazole rings is 1. The second kappa shape index (κ2) is 5.57.